The first-order chi connectivity index (χ1) is 10.7. The Morgan fingerprint density at radius 3 is 2.55 bits per heavy atom. The summed E-state index contributed by atoms with van der Waals surface area (Å²) in [6, 6.07) is 5.91. The Balaban J connectivity index is 1.93. The third-order valence-electron chi connectivity index (χ3n) is 3.91. The van der Waals surface area contributed by atoms with E-state index in [2.05, 4.69) is 15.5 Å². The molecule has 0 aliphatic carbocycles. The summed E-state index contributed by atoms with van der Waals surface area (Å²) in [5.41, 5.74) is 1.10. The molecular weight excluding hydrogens is 282 g/mol. The molecule has 0 radical (unpaired) electrons. The average Bonchev–Trinajstić information content (AvgIpc) is 3.01. The summed E-state index contributed by atoms with van der Waals surface area (Å²) < 4.78 is 10.6. The van der Waals surface area contributed by atoms with Crippen LogP contribution in [0.2, 0.25) is 0 Å². The molecule has 6 heteroatoms. The van der Waals surface area contributed by atoms with Crippen LogP contribution in [0.15, 0.2) is 18.2 Å². The monoisotopic (exact) mass is 307 g/mol. The van der Waals surface area contributed by atoms with Crippen LogP contribution in [-0.4, -0.2) is 53.4 Å². The number of hydrogen-bond donors (Lipinski definition) is 2. The lowest BCUT2D eigenvalue weighted by molar-refractivity contribution is -0.120. The second-order valence-electron chi connectivity index (χ2n) is 5.51. The summed E-state index contributed by atoms with van der Waals surface area (Å²) in [5.74, 6) is 2.10. The molecular formula is C16H25N3O3. The van der Waals surface area contributed by atoms with Gasteiger partial charge in [0.05, 0.1) is 20.8 Å². The van der Waals surface area contributed by atoms with E-state index in [9.17, 15) is 4.79 Å². The van der Waals surface area contributed by atoms with E-state index in [1.165, 1.54) is 0 Å². The first-order valence-electron chi connectivity index (χ1n) is 7.55. The third-order valence-corrected chi connectivity index (χ3v) is 3.91. The quantitative estimate of drug-likeness (QED) is 0.782. The van der Waals surface area contributed by atoms with Crippen molar-refractivity contribution in [1.29, 1.82) is 0 Å². The molecule has 1 aromatic carbocycles. The Morgan fingerprint density at radius 1 is 1.27 bits per heavy atom. The van der Waals surface area contributed by atoms with Gasteiger partial charge in [0.1, 0.15) is 11.5 Å². The van der Waals surface area contributed by atoms with E-state index in [0.29, 0.717) is 12.5 Å². The molecule has 1 saturated heterocycles. The molecule has 1 aliphatic heterocycles. The molecule has 1 heterocycles. The molecule has 1 fully saturated rings. The number of hydrogen-bond acceptors (Lipinski definition) is 5. The van der Waals surface area contributed by atoms with Crippen LogP contribution in [0.3, 0.4) is 0 Å². The lowest BCUT2D eigenvalue weighted by atomic mass is 10.1. The summed E-state index contributed by atoms with van der Waals surface area (Å²) >= 11 is 0. The first-order valence-corrected chi connectivity index (χ1v) is 7.55. The second-order valence-corrected chi connectivity index (χ2v) is 5.51. The molecule has 22 heavy (non-hydrogen) atoms. The zero-order valence-corrected chi connectivity index (χ0v) is 13.5. The number of rotatable bonds is 7. The van der Waals surface area contributed by atoms with Gasteiger partial charge in [0.25, 0.3) is 0 Å². The lowest BCUT2D eigenvalue weighted by Gasteiger charge is -2.20. The average molecular weight is 307 g/mol. The molecule has 1 amide bonds. The number of carbonyl (C=O) groups is 1. The zero-order chi connectivity index (χ0) is 15.9. The molecule has 1 aromatic rings. The van der Waals surface area contributed by atoms with Crippen molar-refractivity contribution in [2.45, 2.75) is 6.42 Å². The van der Waals surface area contributed by atoms with Crippen LogP contribution in [0.4, 0.5) is 5.69 Å². The van der Waals surface area contributed by atoms with Crippen molar-refractivity contribution in [2.75, 3.05) is 52.3 Å². The van der Waals surface area contributed by atoms with Crippen molar-refractivity contribution in [2.24, 2.45) is 5.92 Å². The highest BCUT2D eigenvalue weighted by Gasteiger charge is 2.23. The Kier molecular flexibility index (Phi) is 5.89. The topological polar surface area (TPSA) is 62.8 Å². The predicted octanol–water partition coefficient (Wildman–Crippen LogP) is 0.866. The highest BCUT2D eigenvalue weighted by Crippen LogP contribution is 2.31. The Hall–Kier alpha value is -1.95. The van der Waals surface area contributed by atoms with Gasteiger partial charge in [-0.15, -0.1) is 0 Å². The van der Waals surface area contributed by atoms with Gasteiger partial charge in [0.2, 0.25) is 5.91 Å². The number of benzene rings is 1. The molecule has 1 aliphatic rings. The molecule has 6 nitrogen and oxygen atoms in total. The largest absolute Gasteiger partial charge is 0.497 e. The molecule has 122 valence electrons. The van der Waals surface area contributed by atoms with Gasteiger partial charge in [-0.05, 0) is 19.4 Å². The van der Waals surface area contributed by atoms with E-state index in [0.717, 1.165) is 43.2 Å². The van der Waals surface area contributed by atoms with Crippen molar-refractivity contribution in [3.05, 3.63) is 18.2 Å². The highest BCUT2D eigenvalue weighted by molar-refractivity contribution is 5.77. The van der Waals surface area contributed by atoms with E-state index in [1.807, 2.05) is 18.2 Å². The molecule has 2 N–H and O–H groups in total. The van der Waals surface area contributed by atoms with Gasteiger partial charge in [-0.3, -0.25) is 4.79 Å². The van der Waals surface area contributed by atoms with Gasteiger partial charge in [0.15, 0.2) is 0 Å². The Bertz CT molecular complexity index is 485. The van der Waals surface area contributed by atoms with Crippen LogP contribution in [0.1, 0.15) is 6.42 Å². The third kappa shape index (κ3) is 4.27. The standard InChI is InChI=1S/C16H25N3O3/c1-17-10-16(20)18-9-12-4-5-19(11-12)13-6-14(21-2)8-15(7-13)22-3/h6-8,12,17H,4-5,9-11H2,1-3H3,(H,18,20). The van der Waals surface area contributed by atoms with E-state index >= 15 is 0 Å². The number of amides is 1. The molecule has 0 bridgehead atoms. The fourth-order valence-electron chi connectivity index (χ4n) is 2.69. The number of carbonyl (C=O) groups excluding carboxylic acids is 1. The van der Waals surface area contributed by atoms with Crippen molar-refractivity contribution >= 4 is 11.6 Å². The van der Waals surface area contributed by atoms with Crippen LogP contribution in [0.5, 0.6) is 11.5 Å². The molecule has 2 rings (SSSR count). The van der Waals surface area contributed by atoms with Crippen LogP contribution >= 0.6 is 0 Å². The fourth-order valence-corrected chi connectivity index (χ4v) is 2.69. The molecule has 1 atom stereocenters. The minimum absolute atomic E-state index is 0.0454. The summed E-state index contributed by atoms with van der Waals surface area (Å²) in [6.07, 6.45) is 1.07. The maximum atomic E-state index is 11.5. The molecule has 0 aromatic heterocycles. The first kappa shape index (κ1) is 16.4. The second kappa shape index (κ2) is 7.89. The van der Waals surface area contributed by atoms with Gasteiger partial charge in [-0.2, -0.15) is 0 Å². The molecule has 0 saturated carbocycles. The smallest absolute Gasteiger partial charge is 0.233 e. The zero-order valence-electron chi connectivity index (χ0n) is 13.5. The minimum Gasteiger partial charge on any atom is -0.497 e. The van der Waals surface area contributed by atoms with Gasteiger partial charge >= 0.3 is 0 Å². The Morgan fingerprint density at radius 2 is 1.95 bits per heavy atom. The molecule has 1 unspecified atom stereocenters. The normalized spacial score (nSPS) is 17.4. The summed E-state index contributed by atoms with van der Waals surface area (Å²) in [7, 11) is 5.08. The number of nitrogens with zero attached hydrogens (tertiary/aromatic N) is 1. The van der Waals surface area contributed by atoms with Crippen LogP contribution in [-0.2, 0) is 4.79 Å². The van der Waals surface area contributed by atoms with Gasteiger partial charge in [-0.25, -0.2) is 0 Å². The number of anilines is 1. The van der Waals surface area contributed by atoms with E-state index in [4.69, 9.17) is 9.47 Å². The van der Waals surface area contributed by atoms with Gasteiger partial charge in [0, 0.05) is 43.5 Å². The summed E-state index contributed by atoms with van der Waals surface area (Å²) in [4.78, 5) is 13.8. The van der Waals surface area contributed by atoms with E-state index in [1.54, 1.807) is 21.3 Å². The van der Waals surface area contributed by atoms with Crippen molar-refractivity contribution < 1.29 is 14.3 Å². The Labute approximate surface area is 131 Å². The van der Waals surface area contributed by atoms with Crippen molar-refractivity contribution in [3.8, 4) is 11.5 Å². The van der Waals surface area contributed by atoms with Crippen LogP contribution < -0.4 is 25.0 Å². The SMILES string of the molecule is CNCC(=O)NCC1CCN(c2cc(OC)cc(OC)c2)C1. The van der Waals surface area contributed by atoms with Gasteiger partial charge in [-0.1, -0.05) is 0 Å². The van der Waals surface area contributed by atoms with Crippen molar-refractivity contribution in [1.82, 2.24) is 10.6 Å². The fraction of sp³-hybridized carbons (Fsp3) is 0.562. The lowest BCUT2D eigenvalue weighted by Crippen LogP contribution is -2.36. The van der Waals surface area contributed by atoms with Gasteiger partial charge < -0.3 is 25.0 Å². The summed E-state index contributed by atoms with van der Waals surface area (Å²) in [5, 5.41) is 5.82. The molecule has 0 spiro atoms. The number of methoxy groups -OCH3 is 2. The van der Waals surface area contributed by atoms with E-state index in [-0.39, 0.29) is 5.91 Å². The maximum absolute atomic E-state index is 11.5. The number of likely N-dealkylation sites (N-methyl/N-ethyl adjacent to an activating group) is 1. The number of ether oxygens (including phenoxy) is 2. The minimum atomic E-state index is 0.0454. The van der Waals surface area contributed by atoms with Crippen LogP contribution in [0, 0.1) is 5.92 Å². The van der Waals surface area contributed by atoms with Crippen LogP contribution in [0.25, 0.3) is 0 Å². The predicted molar refractivity (Wildman–Crippen MR) is 86.8 cm³/mol. The maximum Gasteiger partial charge on any atom is 0.233 e. The van der Waals surface area contributed by atoms with E-state index < -0.39 is 0 Å². The summed E-state index contributed by atoms with van der Waals surface area (Å²) in [6.45, 7) is 2.99. The highest BCUT2D eigenvalue weighted by atomic mass is 16.5. The van der Waals surface area contributed by atoms with Crippen molar-refractivity contribution in [3.63, 3.8) is 0 Å². The number of nitrogens with one attached hydrogen (secondary N) is 2.